The lowest BCUT2D eigenvalue weighted by Gasteiger charge is -2.13. The minimum Gasteiger partial charge on any atom is -0.344 e. The summed E-state index contributed by atoms with van der Waals surface area (Å²) in [5.74, 6) is 0.180. The highest BCUT2D eigenvalue weighted by Crippen LogP contribution is 2.36. The average Bonchev–Trinajstić information content (AvgIpc) is 2.79. The summed E-state index contributed by atoms with van der Waals surface area (Å²) < 4.78 is 2.20. The van der Waals surface area contributed by atoms with Gasteiger partial charge in [-0.2, -0.15) is 0 Å². The molecule has 4 rings (SSSR count). The zero-order chi connectivity index (χ0) is 15.1. The molecule has 3 nitrogen and oxygen atoms in total. The number of hydrogen-bond acceptors (Lipinski definition) is 1. The van der Waals surface area contributed by atoms with Crippen molar-refractivity contribution in [1.82, 2.24) is 9.47 Å². The maximum absolute atomic E-state index is 12.3. The van der Waals surface area contributed by atoms with E-state index in [4.69, 9.17) is 0 Å². The van der Waals surface area contributed by atoms with Crippen LogP contribution in [0, 0.1) is 0 Å². The van der Waals surface area contributed by atoms with Gasteiger partial charge in [0.15, 0.2) is 0 Å². The monoisotopic (exact) mass is 290 g/mol. The lowest BCUT2D eigenvalue weighted by Crippen LogP contribution is -2.28. The third kappa shape index (κ3) is 1.93. The van der Waals surface area contributed by atoms with Crippen molar-refractivity contribution in [3.63, 3.8) is 0 Å². The van der Waals surface area contributed by atoms with Crippen molar-refractivity contribution in [1.29, 1.82) is 0 Å². The molecule has 1 amide bonds. The number of amides is 1. The first-order valence-corrected chi connectivity index (χ1v) is 7.65. The van der Waals surface area contributed by atoms with Gasteiger partial charge in [-0.15, -0.1) is 0 Å². The molecular formula is C19H18N2O. The fraction of sp³-hybridized carbons (Fsp3) is 0.211. The Morgan fingerprint density at radius 2 is 1.68 bits per heavy atom. The molecule has 1 aromatic heterocycles. The van der Waals surface area contributed by atoms with E-state index in [9.17, 15) is 4.79 Å². The van der Waals surface area contributed by atoms with Crippen LogP contribution in [0.2, 0.25) is 0 Å². The maximum atomic E-state index is 12.3. The highest BCUT2D eigenvalue weighted by molar-refractivity contribution is 5.99. The molecule has 2 heterocycles. The van der Waals surface area contributed by atoms with Crippen LogP contribution in [0.5, 0.6) is 0 Å². The SMILES string of the molecule is CN1CCc2c(-c3ccccc3)c3ccccc3n2CC1=O. The van der Waals surface area contributed by atoms with E-state index < -0.39 is 0 Å². The van der Waals surface area contributed by atoms with Gasteiger partial charge in [0.2, 0.25) is 5.91 Å². The van der Waals surface area contributed by atoms with Crippen molar-refractivity contribution in [3.8, 4) is 11.1 Å². The summed E-state index contributed by atoms with van der Waals surface area (Å²) in [5.41, 5.74) is 4.92. The van der Waals surface area contributed by atoms with Gasteiger partial charge in [0, 0.05) is 42.2 Å². The Morgan fingerprint density at radius 1 is 0.955 bits per heavy atom. The molecule has 0 fully saturated rings. The van der Waals surface area contributed by atoms with E-state index in [0.717, 1.165) is 18.5 Å². The molecule has 1 aliphatic rings. The third-order valence-corrected chi connectivity index (χ3v) is 4.54. The second-order valence-corrected chi connectivity index (χ2v) is 5.86. The molecule has 0 saturated carbocycles. The minimum absolute atomic E-state index is 0.180. The molecule has 0 saturated heterocycles. The zero-order valence-electron chi connectivity index (χ0n) is 12.6. The number of likely N-dealkylation sites (N-methyl/N-ethyl adjacent to an activating group) is 1. The largest absolute Gasteiger partial charge is 0.344 e. The molecule has 0 unspecified atom stereocenters. The van der Waals surface area contributed by atoms with Crippen molar-refractivity contribution in [3.05, 3.63) is 60.3 Å². The predicted octanol–water partition coefficient (Wildman–Crippen LogP) is 3.32. The van der Waals surface area contributed by atoms with Crippen molar-refractivity contribution in [2.45, 2.75) is 13.0 Å². The number of benzene rings is 2. The Labute approximate surface area is 129 Å². The van der Waals surface area contributed by atoms with E-state index in [0.29, 0.717) is 6.54 Å². The van der Waals surface area contributed by atoms with Gasteiger partial charge in [0.1, 0.15) is 6.54 Å². The molecule has 0 aliphatic carbocycles. The van der Waals surface area contributed by atoms with Crippen LogP contribution in [0.25, 0.3) is 22.0 Å². The molecule has 0 N–H and O–H groups in total. The molecule has 3 heteroatoms. The second kappa shape index (κ2) is 5.02. The van der Waals surface area contributed by atoms with Crippen LogP contribution in [0.3, 0.4) is 0 Å². The Hall–Kier alpha value is -2.55. The van der Waals surface area contributed by atoms with E-state index in [2.05, 4.69) is 47.0 Å². The van der Waals surface area contributed by atoms with Gasteiger partial charge in [-0.3, -0.25) is 4.79 Å². The summed E-state index contributed by atoms with van der Waals surface area (Å²) in [6.45, 7) is 1.20. The summed E-state index contributed by atoms with van der Waals surface area (Å²) in [7, 11) is 1.89. The second-order valence-electron chi connectivity index (χ2n) is 5.86. The van der Waals surface area contributed by atoms with Crippen molar-refractivity contribution in [2.24, 2.45) is 0 Å². The van der Waals surface area contributed by atoms with E-state index in [1.54, 1.807) is 0 Å². The molecule has 22 heavy (non-hydrogen) atoms. The Morgan fingerprint density at radius 3 is 2.50 bits per heavy atom. The van der Waals surface area contributed by atoms with Crippen LogP contribution in [-0.2, 0) is 17.8 Å². The molecule has 0 spiro atoms. The van der Waals surface area contributed by atoms with Crippen molar-refractivity contribution < 1.29 is 4.79 Å². The van der Waals surface area contributed by atoms with Crippen molar-refractivity contribution in [2.75, 3.05) is 13.6 Å². The summed E-state index contributed by atoms with van der Waals surface area (Å²) in [6, 6.07) is 18.9. The lowest BCUT2D eigenvalue weighted by molar-refractivity contribution is -0.129. The molecule has 1 aliphatic heterocycles. The molecule has 2 aromatic carbocycles. The first-order valence-electron chi connectivity index (χ1n) is 7.65. The first kappa shape index (κ1) is 13.1. The Kier molecular flexibility index (Phi) is 3.00. The number of para-hydroxylation sites is 1. The van der Waals surface area contributed by atoms with Gasteiger partial charge in [0.25, 0.3) is 0 Å². The summed E-state index contributed by atoms with van der Waals surface area (Å²) in [5, 5.41) is 1.24. The number of fused-ring (bicyclic) bond motifs is 3. The zero-order valence-corrected chi connectivity index (χ0v) is 12.6. The molecule has 0 bridgehead atoms. The van der Waals surface area contributed by atoms with Gasteiger partial charge >= 0.3 is 0 Å². The molecular weight excluding hydrogens is 272 g/mol. The quantitative estimate of drug-likeness (QED) is 0.675. The number of rotatable bonds is 1. The maximum Gasteiger partial charge on any atom is 0.242 e. The molecule has 0 radical (unpaired) electrons. The Balaban J connectivity index is 2.03. The fourth-order valence-corrected chi connectivity index (χ4v) is 3.38. The van der Waals surface area contributed by atoms with Crippen LogP contribution in [0.4, 0.5) is 0 Å². The number of aromatic nitrogens is 1. The highest BCUT2D eigenvalue weighted by Gasteiger charge is 2.24. The van der Waals surface area contributed by atoms with E-state index in [-0.39, 0.29) is 5.91 Å². The predicted molar refractivity (Wildman–Crippen MR) is 88.7 cm³/mol. The minimum atomic E-state index is 0.180. The number of nitrogens with zero attached hydrogens (tertiary/aromatic N) is 2. The van der Waals surface area contributed by atoms with Crippen LogP contribution >= 0.6 is 0 Å². The lowest BCUT2D eigenvalue weighted by atomic mass is 10.0. The van der Waals surface area contributed by atoms with E-state index >= 15 is 0 Å². The fourth-order valence-electron chi connectivity index (χ4n) is 3.38. The normalized spacial score (nSPS) is 15.0. The first-order chi connectivity index (χ1) is 10.8. The van der Waals surface area contributed by atoms with E-state index in [1.807, 2.05) is 24.1 Å². The standard InChI is InChI=1S/C19H18N2O/c1-20-12-11-17-19(14-7-3-2-4-8-14)15-9-5-6-10-16(15)21(17)13-18(20)22/h2-10H,11-13H2,1H3. The highest BCUT2D eigenvalue weighted by atomic mass is 16.2. The van der Waals surface area contributed by atoms with Gasteiger partial charge in [-0.25, -0.2) is 0 Å². The molecule has 0 atom stereocenters. The number of carbonyl (C=O) groups is 1. The van der Waals surface area contributed by atoms with E-state index in [1.165, 1.54) is 22.2 Å². The topological polar surface area (TPSA) is 25.2 Å². The van der Waals surface area contributed by atoms with Gasteiger partial charge in [0.05, 0.1) is 0 Å². The summed E-state index contributed by atoms with van der Waals surface area (Å²) >= 11 is 0. The van der Waals surface area contributed by atoms with Crippen LogP contribution < -0.4 is 0 Å². The Bertz CT molecular complexity index is 849. The number of carbonyl (C=O) groups excluding carboxylic acids is 1. The smallest absolute Gasteiger partial charge is 0.242 e. The van der Waals surface area contributed by atoms with Crippen molar-refractivity contribution >= 4 is 16.8 Å². The van der Waals surface area contributed by atoms with Crippen LogP contribution in [-0.4, -0.2) is 29.0 Å². The average molecular weight is 290 g/mol. The van der Waals surface area contributed by atoms with Gasteiger partial charge in [-0.1, -0.05) is 48.5 Å². The summed E-state index contributed by atoms with van der Waals surface area (Å²) in [6.07, 6.45) is 0.890. The van der Waals surface area contributed by atoms with Gasteiger partial charge < -0.3 is 9.47 Å². The summed E-state index contributed by atoms with van der Waals surface area (Å²) in [4.78, 5) is 14.1. The number of hydrogen-bond donors (Lipinski definition) is 0. The molecule has 3 aromatic rings. The third-order valence-electron chi connectivity index (χ3n) is 4.54. The van der Waals surface area contributed by atoms with Gasteiger partial charge in [-0.05, 0) is 11.6 Å². The van der Waals surface area contributed by atoms with Crippen LogP contribution in [0.15, 0.2) is 54.6 Å². The van der Waals surface area contributed by atoms with Crippen LogP contribution in [0.1, 0.15) is 5.69 Å². The molecule has 110 valence electrons.